The number of benzene rings is 4. The minimum Gasteiger partial charge on any atom is -0.135 e. The van der Waals surface area contributed by atoms with E-state index in [2.05, 4.69) is 102 Å². The van der Waals surface area contributed by atoms with Gasteiger partial charge < -0.3 is 0 Å². The first-order chi connectivity index (χ1) is 19.3. The van der Waals surface area contributed by atoms with Crippen molar-refractivity contribution in [2.24, 2.45) is 0 Å². The zero-order valence-electron chi connectivity index (χ0n) is 23.4. The molecule has 0 nitrogen and oxygen atoms in total. The minimum absolute atomic E-state index is 1.38. The van der Waals surface area contributed by atoms with Crippen LogP contribution in [0.2, 0.25) is 0 Å². The molecule has 0 aliphatic rings. The second kappa shape index (κ2) is 8.74. The normalized spacial score (nSPS) is 13.2. The molecule has 0 bridgehead atoms. The molecule has 4 heteroatoms. The van der Waals surface area contributed by atoms with E-state index in [0.717, 1.165) is 0 Å². The highest BCUT2D eigenvalue weighted by molar-refractivity contribution is 7.27. The van der Waals surface area contributed by atoms with E-state index in [-0.39, 0.29) is 0 Å². The highest BCUT2D eigenvalue weighted by Crippen LogP contribution is 2.49. The van der Waals surface area contributed by atoms with Gasteiger partial charge in [0.1, 0.15) is 0 Å². The molecule has 196 valence electrons. The van der Waals surface area contributed by atoms with Crippen LogP contribution in [0.15, 0.2) is 60.7 Å². The van der Waals surface area contributed by atoms with Gasteiger partial charge in [0.05, 0.1) is 0 Å². The van der Waals surface area contributed by atoms with Gasteiger partial charge in [-0.25, -0.2) is 0 Å². The Balaban J connectivity index is 1.37. The van der Waals surface area contributed by atoms with E-state index in [9.17, 15) is 0 Å². The van der Waals surface area contributed by atoms with E-state index in [4.69, 9.17) is 0 Å². The van der Waals surface area contributed by atoms with Gasteiger partial charge in [0, 0.05) is 70.3 Å². The lowest BCUT2D eigenvalue weighted by Crippen LogP contribution is -1.81. The Hall–Kier alpha value is -3.02. The minimum atomic E-state index is 1.38. The number of hydrogen-bond acceptors (Lipinski definition) is 4. The fourth-order valence-electron chi connectivity index (χ4n) is 6.28. The van der Waals surface area contributed by atoms with Crippen molar-refractivity contribution in [3.05, 3.63) is 92.7 Å². The Bertz CT molecular complexity index is 2210. The van der Waals surface area contributed by atoms with Crippen LogP contribution >= 0.6 is 45.3 Å². The molecule has 0 amide bonds. The molecule has 0 fully saturated rings. The van der Waals surface area contributed by atoms with Gasteiger partial charge in [0.25, 0.3) is 0 Å². The lowest BCUT2D eigenvalue weighted by atomic mass is 10.00. The van der Waals surface area contributed by atoms with Crippen LogP contribution in [0.5, 0.6) is 0 Å². The summed E-state index contributed by atoms with van der Waals surface area (Å²) in [4.78, 5) is 2.77. The molecule has 0 spiro atoms. The summed E-state index contributed by atoms with van der Waals surface area (Å²) in [6.07, 6.45) is 0. The quantitative estimate of drug-likeness (QED) is 0.188. The van der Waals surface area contributed by atoms with Crippen LogP contribution in [0.1, 0.15) is 45.9 Å². The maximum atomic E-state index is 2.47. The number of fused-ring (bicyclic) bond motifs is 10. The second-order valence-electron chi connectivity index (χ2n) is 11.1. The van der Waals surface area contributed by atoms with E-state index >= 15 is 0 Å². The van der Waals surface area contributed by atoms with Gasteiger partial charge in [0.2, 0.25) is 0 Å². The summed E-state index contributed by atoms with van der Waals surface area (Å²) in [5.41, 5.74) is 8.48. The fraction of sp³-hybridized carbons (Fsp3) is 0.167. The zero-order valence-corrected chi connectivity index (χ0v) is 26.7. The lowest BCUT2D eigenvalue weighted by molar-refractivity contribution is 1.44. The van der Waals surface area contributed by atoms with E-state index in [0.29, 0.717) is 0 Å². The third-order valence-electron chi connectivity index (χ3n) is 8.98. The molecule has 4 aromatic heterocycles. The van der Waals surface area contributed by atoms with Crippen molar-refractivity contribution < 1.29 is 0 Å². The van der Waals surface area contributed by atoms with Gasteiger partial charge in [-0.05, 0) is 99.2 Å². The molecular formula is C36H28S4. The number of rotatable bonds is 2. The average molecular weight is 589 g/mol. The summed E-state index contributed by atoms with van der Waals surface area (Å²) in [5, 5.41) is 8.48. The van der Waals surface area contributed by atoms with Crippen LogP contribution in [-0.4, -0.2) is 0 Å². The van der Waals surface area contributed by atoms with Gasteiger partial charge in [-0.1, -0.05) is 36.4 Å². The van der Waals surface area contributed by atoms with Crippen molar-refractivity contribution in [2.45, 2.75) is 41.5 Å². The number of aryl methyl sites for hydroxylation is 4. The molecule has 40 heavy (non-hydrogen) atoms. The van der Waals surface area contributed by atoms with Gasteiger partial charge >= 0.3 is 0 Å². The first-order valence-corrected chi connectivity index (χ1v) is 17.0. The monoisotopic (exact) mass is 588 g/mol. The second-order valence-corrected chi connectivity index (χ2v) is 15.3. The zero-order chi connectivity index (χ0) is 27.4. The van der Waals surface area contributed by atoms with E-state index < -0.39 is 0 Å². The van der Waals surface area contributed by atoms with E-state index in [1.54, 1.807) is 0 Å². The Morgan fingerprint density at radius 3 is 1.25 bits per heavy atom. The lowest BCUT2D eigenvalue weighted by Gasteiger charge is -2.04. The first kappa shape index (κ1) is 24.8. The Kier molecular flexibility index (Phi) is 5.41. The van der Waals surface area contributed by atoms with Crippen LogP contribution in [-0.2, 0) is 0 Å². The molecule has 0 radical (unpaired) electrons. The summed E-state index contributed by atoms with van der Waals surface area (Å²) >= 11 is 7.82. The Morgan fingerprint density at radius 1 is 0.450 bits per heavy atom. The van der Waals surface area contributed by atoms with Crippen molar-refractivity contribution in [3.8, 4) is 0 Å². The molecule has 4 heterocycles. The third-order valence-corrected chi connectivity index (χ3v) is 14.3. The standard InChI is InChI=1S/C36H28S4/c1-17(29-15-25-31-23-11-7-9-13-27(23)37-35(31)21(5)19(3)33(25)39-29)18(2)30-16-26-32-24-12-8-10-14-28(24)38-36(32)22(6)20(4)34(26)40-30/h7-16H,1-6H3/b18-17+. The van der Waals surface area contributed by atoms with Gasteiger partial charge in [-0.3, -0.25) is 0 Å². The first-order valence-electron chi connectivity index (χ1n) is 13.7. The molecule has 0 aliphatic carbocycles. The molecule has 0 N–H and O–H groups in total. The predicted molar refractivity (Wildman–Crippen MR) is 187 cm³/mol. The van der Waals surface area contributed by atoms with Crippen LogP contribution in [0, 0.1) is 27.7 Å². The molecule has 4 aromatic carbocycles. The fourth-order valence-corrected chi connectivity index (χ4v) is 11.4. The van der Waals surface area contributed by atoms with Crippen LogP contribution < -0.4 is 0 Å². The smallest absolute Gasteiger partial charge is 0.0394 e. The van der Waals surface area contributed by atoms with E-state index in [1.807, 2.05) is 45.3 Å². The largest absolute Gasteiger partial charge is 0.135 e. The summed E-state index contributed by atoms with van der Waals surface area (Å²) in [7, 11) is 0. The maximum absolute atomic E-state index is 2.47. The summed E-state index contributed by atoms with van der Waals surface area (Å²) in [6.45, 7) is 13.9. The molecule has 0 saturated carbocycles. The Morgan fingerprint density at radius 2 is 0.825 bits per heavy atom. The van der Waals surface area contributed by atoms with Gasteiger partial charge in [-0.15, -0.1) is 45.3 Å². The van der Waals surface area contributed by atoms with E-state index in [1.165, 1.54) is 104 Å². The Labute approximate surface area is 249 Å². The van der Waals surface area contributed by atoms with Crippen LogP contribution in [0.25, 0.3) is 71.7 Å². The topological polar surface area (TPSA) is 0 Å². The highest BCUT2D eigenvalue weighted by Gasteiger charge is 2.20. The summed E-state index contributed by atoms with van der Waals surface area (Å²) in [5.74, 6) is 0. The predicted octanol–water partition coefficient (Wildman–Crippen LogP) is 13.0. The molecule has 0 aliphatic heterocycles. The van der Waals surface area contributed by atoms with Crippen molar-refractivity contribution in [3.63, 3.8) is 0 Å². The van der Waals surface area contributed by atoms with Crippen LogP contribution in [0.3, 0.4) is 0 Å². The number of hydrogen-bond donors (Lipinski definition) is 0. The summed E-state index contributed by atoms with van der Waals surface area (Å²) in [6, 6.07) is 22.7. The summed E-state index contributed by atoms with van der Waals surface area (Å²) < 4.78 is 8.52. The average Bonchev–Trinajstić information content (AvgIpc) is 3.75. The molecule has 8 rings (SSSR count). The van der Waals surface area contributed by atoms with Crippen molar-refractivity contribution in [2.75, 3.05) is 0 Å². The van der Waals surface area contributed by atoms with Crippen LogP contribution in [0.4, 0.5) is 0 Å². The molecule has 0 atom stereocenters. The molecule has 8 aromatic rings. The molecular weight excluding hydrogens is 561 g/mol. The van der Waals surface area contributed by atoms with Crippen molar-refractivity contribution in [1.82, 2.24) is 0 Å². The number of thiophene rings is 4. The van der Waals surface area contributed by atoms with Crippen molar-refractivity contribution in [1.29, 1.82) is 0 Å². The number of allylic oxidation sites excluding steroid dienone is 2. The molecule has 0 unspecified atom stereocenters. The van der Waals surface area contributed by atoms with Crippen molar-refractivity contribution >= 4 is 117 Å². The van der Waals surface area contributed by atoms with Gasteiger partial charge in [0.15, 0.2) is 0 Å². The maximum Gasteiger partial charge on any atom is 0.0394 e. The third kappa shape index (κ3) is 3.28. The highest BCUT2D eigenvalue weighted by atomic mass is 32.1. The SMILES string of the molecule is C/C(=C(/C)c1cc2c(s1)c(C)c(C)c1sc3ccccc3c12)c1cc2c(s1)c(C)c(C)c1sc3ccccc3c12. The molecule has 0 saturated heterocycles. The van der Waals surface area contributed by atoms with Gasteiger partial charge in [-0.2, -0.15) is 0 Å².